The van der Waals surface area contributed by atoms with Gasteiger partial charge in [0.2, 0.25) is 0 Å². The molecule has 200 valence electrons. The normalized spacial score (nSPS) is 19.0. The molecule has 0 radical (unpaired) electrons. The average molecular weight is 539 g/mol. The van der Waals surface area contributed by atoms with Gasteiger partial charge in [-0.1, -0.05) is 0 Å². The zero-order valence-corrected chi connectivity index (χ0v) is 22.0. The molecule has 2 aromatic heterocycles. The third-order valence-electron chi connectivity index (χ3n) is 7.93. The van der Waals surface area contributed by atoms with Gasteiger partial charge in [0.15, 0.2) is 21.3 Å². The number of aromatic nitrogens is 3. The van der Waals surface area contributed by atoms with Crippen LogP contribution in [0.25, 0.3) is 16.9 Å². The second-order valence-corrected chi connectivity index (χ2v) is 12.7. The molecule has 2 saturated carbocycles. The highest BCUT2D eigenvalue weighted by Crippen LogP contribution is 2.40. The standard InChI is InChI=1S/C26H30N6O5S/c1-13(14-3-4-14)31-11-17-9-16(10-20(38(2,36)37)21(17)26(31)35)18-7-8-32-24(28-18)22(23(27)30-32)25(34)29-19(12-33)15-5-6-15/h7-10,13-15,19,33H,3-6,11-12H2,1-2H3,(H2,27,30)(H,29,34)/t13-,19-/m0/s1. The fourth-order valence-corrected chi connectivity index (χ4v) is 6.35. The molecule has 3 aromatic rings. The van der Waals surface area contributed by atoms with Crippen LogP contribution in [0.5, 0.6) is 0 Å². The number of rotatable bonds is 8. The summed E-state index contributed by atoms with van der Waals surface area (Å²) >= 11 is 0. The van der Waals surface area contributed by atoms with Crippen molar-refractivity contribution in [3.63, 3.8) is 0 Å². The molecule has 4 N–H and O–H groups in total. The lowest BCUT2D eigenvalue weighted by Gasteiger charge is -2.24. The molecule has 2 amide bonds. The van der Waals surface area contributed by atoms with Crippen LogP contribution in [0.4, 0.5) is 5.82 Å². The van der Waals surface area contributed by atoms with Gasteiger partial charge in [0, 0.05) is 30.6 Å². The number of hydrogen-bond acceptors (Lipinski definition) is 8. The van der Waals surface area contributed by atoms with E-state index in [4.69, 9.17) is 5.73 Å². The zero-order valence-electron chi connectivity index (χ0n) is 21.2. The second-order valence-electron chi connectivity index (χ2n) is 10.7. The van der Waals surface area contributed by atoms with Gasteiger partial charge in [-0.3, -0.25) is 9.59 Å². The van der Waals surface area contributed by atoms with Crippen molar-refractivity contribution in [3.8, 4) is 11.3 Å². The predicted molar refractivity (Wildman–Crippen MR) is 139 cm³/mol. The number of nitrogens with one attached hydrogen (secondary N) is 1. The van der Waals surface area contributed by atoms with Gasteiger partial charge in [-0.15, -0.1) is 5.10 Å². The van der Waals surface area contributed by atoms with Gasteiger partial charge in [-0.25, -0.2) is 17.9 Å². The number of benzene rings is 1. The van der Waals surface area contributed by atoms with Crippen LogP contribution in [0.2, 0.25) is 0 Å². The van der Waals surface area contributed by atoms with Crippen molar-refractivity contribution in [1.29, 1.82) is 0 Å². The number of carbonyl (C=O) groups excluding carboxylic acids is 2. The fraction of sp³-hybridized carbons (Fsp3) is 0.462. The molecule has 0 unspecified atom stereocenters. The first-order chi connectivity index (χ1) is 18.1. The van der Waals surface area contributed by atoms with E-state index in [9.17, 15) is 23.1 Å². The average Bonchev–Trinajstić information content (AvgIpc) is 3.80. The first-order valence-electron chi connectivity index (χ1n) is 12.8. The van der Waals surface area contributed by atoms with E-state index in [-0.39, 0.29) is 58.0 Å². The van der Waals surface area contributed by atoms with Crippen LogP contribution in [0.1, 0.15) is 58.9 Å². The zero-order chi connectivity index (χ0) is 26.9. The molecule has 6 rings (SSSR count). The number of nitrogens with zero attached hydrogens (tertiary/aromatic N) is 4. The summed E-state index contributed by atoms with van der Waals surface area (Å²) in [5.74, 6) is -0.0525. The van der Waals surface area contributed by atoms with Crippen LogP contribution >= 0.6 is 0 Å². The van der Waals surface area contributed by atoms with Gasteiger partial charge in [-0.2, -0.15) is 0 Å². The predicted octanol–water partition coefficient (Wildman–Crippen LogP) is 1.64. The van der Waals surface area contributed by atoms with Crippen molar-refractivity contribution < 1.29 is 23.1 Å². The van der Waals surface area contributed by atoms with Crippen LogP contribution in [-0.4, -0.2) is 69.8 Å². The first kappa shape index (κ1) is 24.8. The number of amides is 2. The highest BCUT2D eigenvalue weighted by atomic mass is 32.2. The molecule has 0 spiro atoms. The van der Waals surface area contributed by atoms with Crippen molar-refractivity contribution in [2.24, 2.45) is 11.8 Å². The molecule has 0 bridgehead atoms. The van der Waals surface area contributed by atoms with Gasteiger partial charge in [0.1, 0.15) is 5.56 Å². The molecule has 3 aliphatic rings. The smallest absolute Gasteiger partial charge is 0.259 e. The maximum atomic E-state index is 13.3. The molecule has 12 heteroatoms. The van der Waals surface area contributed by atoms with Crippen LogP contribution in [0.15, 0.2) is 29.3 Å². The number of sulfone groups is 1. The molecule has 2 atom stereocenters. The summed E-state index contributed by atoms with van der Waals surface area (Å²) in [5, 5.41) is 16.7. The number of hydrogen-bond donors (Lipinski definition) is 3. The number of anilines is 1. The van der Waals surface area contributed by atoms with Crippen LogP contribution in [0, 0.1) is 11.8 Å². The molecular weight excluding hydrogens is 508 g/mol. The Balaban J connectivity index is 1.41. The molecule has 3 heterocycles. The number of aliphatic hydroxyl groups excluding tert-OH is 1. The molecule has 1 aromatic carbocycles. The minimum Gasteiger partial charge on any atom is -0.394 e. The van der Waals surface area contributed by atoms with Gasteiger partial charge < -0.3 is 21.1 Å². The molecular formula is C26H30N6O5S. The Kier molecular flexibility index (Phi) is 5.72. The summed E-state index contributed by atoms with van der Waals surface area (Å²) in [4.78, 5) is 32.8. The van der Waals surface area contributed by atoms with E-state index in [1.54, 1.807) is 23.2 Å². The van der Waals surface area contributed by atoms with Crippen LogP contribution in [-0.2, 0) is 16.4 Å². The lowest BCUT2D eigenvalue weighted by atomic mass is 10.0. The lowest BCUT2D eigenvalue weighted by Crippen LogP contribution is -2.39. The third-order valence-corrected chi connectivity index (χ3v) is 9.05. The van der Waals surface area contributed by atoms with Gasteiger partial charge >= 0.3 is 0 Å². The highest BCUT2D eigenvalue weighted by molar-refractivity contribution is 7.90. The van der Waals surface area contributed by atoms with Crippen molar-refractivity contribution in [2.75, 3.05) is 18.6 Å². The fourth-order valence-electron chi connectivity index (χ4n) is 5.42. The Morgan fingerprint density at radius 3 is 2.58 bits per heavy atom. The van der Waals surface area contributed by atoms with E-state index in [1.165, 1.54) is 10.6 Å². The first-order valence-corrected chi connectivity index (χ1v) is 14.7. The Labute approximate surface area is 219 Å². The van der Waals surface area contributed by atoms with Crippen LogP contribution in [0.3, 0.4) is 0 Å². The largest absolute Gasteiger partial charge is 0.394 e. The quantitative estimate of drug-likeness (QED) is 0.390. The lowest BCUT2D eigenvalue weighted by molar-refractivity contribution is 0.0694. The SMILES string of the molecule is C[C@@H](C1CC1)N1Cc2cc(-c3ccn4nc(N)c(C(=O)N[C@@H](CO)C5CC5)c4n3)cc(S(C)(=O)=O)c2C1=O. The maximum absolute atomic E-state index is 13.3. The topological polar surface area (TPSA) is 160 Å². The number of fused-ring (bicyclic) bond motifs is 2. The van der Waals surface area contributed by atoms with E-state index in [0.717, 1.165) is 31.9 Å². The molecule has 2 fully saturated rings. The minimum absolute atomic E-state index is 0.000664. The monoisotopic (exact) mass is 538 g/mol. The molecule has 1 aliphatic heterocycles. The van der Waals surface area contributed by atoms with E-state index in [2.05, 4.69) is 15.4 Å². The summed E-state index contributed by atoms with van der Waals surface area (Å²) in [6, 6.07) is 4.61. The minimum atomic E-state index is -3.72. The Bertz CT molecular complexity index is 1590. The van der Waals surface area contributed by atoms with Crippen molar-refractivity contribution in [1.82, 2.24) is 24.8 Å². The van der Waals surface area contributed by atoms with Gasteiger partial charge in [-0.05, 0) is 68.2 Å². The number of nitrogens with two attached hydrogens (primary N) is 1. The Morgan fingerprint density at radius 1 is 1.24 bits per heavy atom. The number of aliphatic hydroxyl groups is 1. The van der Waals surface area contributed by atoms with Crippen molar-refractivity contribution in [2.45, 2.75) is 56.1 Å². The van der Waals surface area contributed by atoms with Gasteiger partial charge in [0.25, 0.3) is 11.8 Å². The van der Waals surface area contributed by atoms with E-state index >= 15 is 0 Å². The summed E-state index contributed by atoms with van der Waals surface area (Å²) in [6.07, 6.45) is 6.73. The Hall–Kier alpha value is -3.51. The maximum Gasteiger partial charge on any atom is 0.259 e. The molecule has 38 heavy (non-hydrogen) atoms. The summed E-state index contributed by atoms with van der Waals surface area (Å²) in [6.45, 7) is 2.17. The molecule has 0 saturated heterocycles. The summed E-state index contributed by atoms with van der Waals surface area (Å²) in [7, 11) is -3.72. The van der Waals surface area contributed by atoms with Crippen LogP contribution < -0.4 is 11.1 Å². The van der Waals surface area contributed by atoms with E-state index in [1.807, 2.05) is 6.92 Å². The number of nitrogen functional groups attached to an aromatic ring is 1. The molecule has 11 nitrogen and oxygen atoms in total. The molecule has 2 aliphatic carbocycles. The van der Waals surface area contributed by atoms with Crippen molar-refractivity contribution >= 4 is 33.1 Å². The van der Waals surface area contributed by atoms with Crippen molar-refractivity contribution in [3.05, 3.63) is 41.1 Å². The van der Waals surface area contributed by atoms with Gasteiger partial charge in [0.05, 0.1) is 28.8 Å². The van der Waals surface area contributed by atoms with E-state index in [0.29, 0.717) is 29.3 Å². The summed E-state index contributed by atoms with van der Waals surface area (Å²) in [5.41, 5.74) is 8.19. The highest BCUT2D eigenvalue weighted by Gasteiger charge is 2.41. The Morgan fingerprint density at radius 2 is 1.95 bits per heavy atom. The second kappa shape index (κ2) is 8.77. The van der Waals surface area contributed by atoms with E-state index < -0.39 is 15.7 Å². The number of carbonyl (C=O) groups is 2. The summed E-state index contributed by atoms with van der Waals surface area (Å²) < 4.78 is 27.0. The third kappa shape index (κ3) is 4.21.